The second-order valence-corrected chi connectivity index (χ2v) is 1.92. The number of Topliss-reactive ketones (excluding diaryl/α,β-unsaturated/α-hetero) is 1. The molecule has 0 aliphatic rings. The molecule has 0 heterocycles. The number of carbonyl (C=O) groups excluding carboxylic acids is 2. The Morgan fingerprint density at radius 3 is 2.70 bits per heavy atom. The molecule has 3 nitrogen and oxygen atoms in total. The summed E-state index contributed by atoms with van der Waals surface area (Å²) >= 11 is 0. The van der Waals surface area contributed by atoms with E-state index in [-0.39, 0.29) is 18.8 Å². The third-order valence-corrected chi connectivity index (χ3v) is 0.991. The Kier molecular flexibility index (Phi) is 4.20. The standard InChI is InChI=1S/C7H10O3/c1-6(2)7(9)3-4-10-5-8/h5H,1,3-4H2,2H3. The minimum absolute atomic E-state index is 0.0677. The molecule has 0 amide bonds. The van der Waals surface area contributed by atoms with Gasteiger partial charge in [0.2, 0.25) is 0 Å². The zero-order valence-electron chi connectivity index (χ0n) is 5.92. The van der Waals surface area contributed by atoms with Crippen LogP contribution in [0.1, 0.15) is 13.3 Å². The fourth-order valence-electron chi connectivity index (χ4n) is 0.413. The number of rotatable bonds is 5. The normalized spacial score (nSPS) is 8.50. The molecule has 0 aromatic carbocycles. The van der Waals surface area contributed by atoms with E-state index in [1.165, 1.54) is 0 Å². The predicted molar refractivity (Wildman–Crippen MR) is 36.5 cm³/mol. The lowest BCUT2D eigenvalue weighted by atomic mass is 10.2. The van der Waals surface area contributed by atoms with Crippen LogP contribution in [0.2, 0.25) is 0 Å². The molecule has 0 N–H and O–H groups in total. The van der Waals surface area contributed by atoms with Gasteiger partial charge in [-0.3, -0.25) is 9.59 Å². The highest BCUT2D eigenvalue weighted by Gasteiger charge is 2.00. The summed E-state index contributed by atoms with van der Waals surface area (Å²) in [6.07, 6.45) is 0.230. The van der Waals surface area contributed by atoms with Gasteiger partial charge in [-0.2, -0.15) is 0 Å². The van der Waals surface area contributed by atoms with Crippen LogP contribution in [0.4, 0.5) is 0 Å². The average molecular weight is 142 g/mol. The van der Waals surface area contributed by atoms with Crippen molar-refractivity contribution >= 4 is 12.3 Å². The van der Waals surface area contributed by atoms with Crippen LogP contribution in [0.3, 0.4) is 0 Å². The summed E-state index contributed by atoms with van der Waals surface area (Å²) in [5.41, 5.74) is 0.495. The molecule has 0 aliphatic carbocycles. The van der Waals surface area contributed by atoms with Crippen molar-refractivity contribution in [2.75, 3.05) is 6.61 Å². The summed E-state index contributed by atoms with van der Waals surface area (Å²) in [5.74, 6) is -0.0677. The fourth-order valence-corrected chi connectivity index (χ4v) is 0.413. The topological polar surface area (TPSA) is 43.4 Å². The lowest BCUT2D eigenvalue weighted by Crippen LogP contribution is -2.03. The molecule has 0 atom stereocenters. The van der Waals surface area contributed by atoms with E-state index < -0.39 is 0 Å². The molecule has 0 radical (unpaired) electrons. The molecule has 0 rings (SSSR count). The van der Waals surface area contributed by atoms with Gasteiger partial charge in [0.1, 0.15) is 0 Å². The van der Waals surface area contributed by atoms with Gasteiger partial charge in [-0.1, -0.05) is 6.58 Å². The first-order valence-corrected chi connectivity index (χ1v) is 2.92. The molecular weight excluding hydrogens is 132 g/mol. The van der Waals surface area contributed by atoms with Crippen molar-refractivity contribution in [1.29, 1.82) is 0 Å². The zero-order valence-corrected chi connectivity index (χ0v) is 5.92. The van der Waals surface area contributed by atoms with Crippen LogP contribution in [0.15, 0.2) is 12.2 Å². The van der Waals surface area contributed by atoms with E-state index >= 15 is 0 Å². The Balaban J connectivity index is 3.40. The van der Waals surface area contributed by atoms with Crippen molar-refractivity contribution in [2.24, 2.45) is 0 Å². The van der Waals surface area contributed by atoms with Crippen LogP contribution in [0.5, 0.6) is 0 Å². The summed E-state index contributed by atoms with van der Waals surface area (Å²) in [6.45, 7) is 5.54. The van der Waals surface area contributed by atoms with Crippen LogP contribution in [0, 0.1) is 0 Å². The van der Waals surface area contributed by atoms with Gasteiger partial charge in [-0.15, -0.1) is 0 Å². The van der Waals surface area contributed by atoms with E-state index in [0.29, 0.717) is 12.0 Å². The first-order chi connectivity index (χ1) is 4.68. The van der Waals surface area contributed by atoms with Crippen LogP contribution in [-0.4, -0.2) is 18.9 Å². The minimum Gasteiger partial charge on any atom is -0.467 e. The molecule has 0 saturated carbocycles. The molecule has 0 spiro atoms. The molecule has 0 bridgehead atoms. The monoisotopic (exact) mass is 142 g/mol. The smallest absolute Gasteiger partial charge is 0.293 e. The maximum absolute atomic E-state index is 10.7. The molecule has 56 valence electrons. The van der Waals surface area contributed by atoms with Crippen LogP contribution in [0.25, 0.3) is 0 Å². The first-order valence-electron chi connectivity index (χ1n) is 2.92. The molecule has 0 saturated heterocycles. The average Bonchev–Trinajstić information content (AvgIpc) is 1.88. The maximum Gasteiger partial charge on any atom is 0.293 e. The largest absolute Gasteiger partial charge is 0.467 e. The summed E-state index contributed by atoms with van der Waals surface area (Å²) < 4.78 is 4.31. The first kappa shape index (κ1) is 8.88. The molecule has 0 aliphatic heterocycles. The van der Waals surface area contributed by atoms with Gasteiger partial charge in [0, 0.05) is 6.42 Å². The Morgan fingerprint density at radius 1 is 1.70 bits per heavy atom. The van der Waals surface area contributed by atoms with Gasteiger partial charge in [-0.25, -0.2) is 0 Å². The number of ether oxygens (including phenoxy) is 1. The van der Waals surface area contributed by atoms with Gasteiger partial charge in [0.25, 0.3) is 6.47 Å². The van der Waals surface area contributed by atoms with Gasteiger partial charge in [-0.05, 0) is 12.5 Å². The number of hydrogen-bond donors (Lipinski definition) is 0. The second-order valence-electron chi connectivity index (χ2n) is 1.92. The molecule has 10 heavy (non-hydrogen) atoms. The van der Waals surface area contributed by atoms with Crippen molar-refractivity contribution in [1.82, 2.24) is 0 Å². The van der Waals surface area contributed by atoms with E-state index in [9.17, 15) is 9.59 Å². The number of allylic oxidation sites excluding steroid dienone is 1. The highest BCUT2D eigenvalue weighted by molar-refractivity contribution is 5.94. The van der Waals surface area contributed by atoms with E-state index in [0.717, 1.165) is 0 Å². The fraction of sp³-hybridized carbons (Fsp3) is 0.429. The Hall–Kier alpha value is -1.12. The number of hydrogen-bond acceptors (Lipinski definition) is 3. The lowest BCUT2D eigenvalue weighted by molar-refractivity contribution is -0.129. The van der Waals surface area contributed by atoms with Crippen molar-refractivity contribution in [3.05, 3.63) is 12.2 Å². The van der Waals surface area contributed by atoms with Crippen molar-refractivity contribution in [2.45, 2.75) is 13.3 Å². The van der Waals surface area contributed by atoms with E-state index in [4.69, 9.17) is 0 Å². The van der Waals surface area contributed by atoms with Gasteiger partial charge >= 0.3 is 0 Å². The molecule has 0 unspecified atom stereocenters. The Morgan fingerprint density at radius 2 is 2.30 bits per heavy atom. The van der Waals surface area contributed by atoms with Crippen LogP contribution < -0.4 is 0 Å². The Labute approximate surface area is 59.7 Å². The van der Waals surface area contributed by atoms with E-state index in [1.807, 2.05) is 0 Å². The number of carbonyl (C=O) groups is 2. The second kappa shape index (κ2) is 4.73. The maximum atomic E-state index is 10.7. The third-order valence-electron chi connectivity index (χ3n) is 0.991. The highest BCUT2D eigenvalue weighted by atomic mass is 16.5. The summed E-state index contributed by atoms with van der Waals surface area (Å²) in [6, 6.07) is 0. The lowest BCUT2D eigenvalue weighted by Gasteiger charge is -1.96. The Bertz CT molecular complexity index is 149. The van der Waals surface area contributed by atoms with E-state index in [1.54, 1.807) is 6.92 Å². The van der Waals surface area contributed by atoms with Crippen LogP contribution >= 0.6 is 0 Å². The van der Waals surface area contributed by atoms with Gasteiger partial charge in [0.15, 0.2) is 5.78 Å². The summed E-state index contributed by atoms with van der Waals surface area (Å²) in [5, 5.41) is 0. The van der Waals surface area contributed by atoms with Crippen molar-refractivity contribution in [3.8, 4) is 0 Å². The molecule has 3 heteroatoms. The molecule has 0 fully saturated rings. The molecular formula is C7H10O3. The van der Waals surface area contributed by atoms with Crippen LogP contribution in [-0.2, 0) is 14.3 Å². The van der Waals surface area contributed by atoms with Gasteiger partial charge < -0.3 is 4.74 Å². The quantitative estimate of drug-likeness (QED) is 0.322. The third kappa shape index (κ3) is 3.83. The highest BCUT2D eigenvalue weighted by Crippen LogP contribution is 1.94. The molecule has 0 aromatic heterocycles. The summed E-state index contributed by atoms with van der Waals surface area (Å²) in [4.78, 5) is 20.3. The van der Waals surface area contributed by atoms with E-state index in [2.05, 4.69) is 11.3 Å². The van der Waals surface area contributed by atoms with Crippen molar-refractivity contribution < 1.29 is 14.3 Å². The SMILES string of the molecule is C=C(C)C(=O)CCOC=O. The van der Waals surface area contributed by atoms with Crippen molar-refractivity contribution in [3.63, 3.8) is 0 Å². The van der Waals surface area contributed by atoms with Gasteiger partial charge in [0.05, 0.1) is 6.61 Å². The number of ketones is 1. The minimum atomic E-state index is -0.0677. The zero-order chi connectivity index (χ0) is 7.98. The molecule has 0 aromatic rings. The predicted octanol–water partition coefficient (Wildman–Crippen LogP) is 0.695. The summed E-state index contributed by atoms with van der Waals surface area (Å²) in [7, 11) is 0.